The van der Waals surface area contributed by atoms with Crippen LogP contribution >= 0.6 is 0 Å². The lowest BCUT2D eigenvalue weighted by atomic mass is 10.1. The predicted octanol–water partition coefficient (Wildman–Crippen LogP) is 2.43. The van der Waals surface area contributed by atoms with Gasteiger partial charge in [0.15, 0.2) is 5.96 Å². The van der Waals surface area contributed by atoms with Gasteiger partial charge < -0.3 is 15.1 Å². The van der Waals surface area contributed by atoms with E-state index in [1.807, 2.05) is 25.1 Å². The monoisotopic (exact) mass is 404 g/mol. The van der Waals surface area contributed by atoms with Crippen molar-refractivity contribution in [3.63, 3.8) is 0 Å². The first-order valence-electron chi connectivity index (χ1n) is 10.4. The Labute approximate surface area is 177 Å². The van der Waals surface area contributed by atoms with Crippen molar-refractivity contribution in [1.82, 2.24) is 20.0 Å². The van der Waals surface area contributed by atoms with Crippen LogP contribution in [-0.2, 0) is 18.3 Å². The zero-order valence-electron chi connectivity index (χ0n) is 17.6. The third-order valence-electron chi connectivity index (χ3n) is 5.33. The van der Waals surface area contributed by atoms with Gasteiger partial charge in [-0.25, -0.2) is 0 Å². The lowest BCUT2D eigenvalue weighted by Crippen LogP contribution is -2.55. The average molecular weight is 405 g/mol. The third-order valence-corrected chi connectivity index (χ3v) is 5.33. The van der Waals surface area contributed by atoms with Crippen molar-refractivity contribution in [2.24, 2.45) is 12.0 Å². The largest absolute Gasteiger partial charge is 0.357 e. The molecule has 1 fully saturated rings. The van der Waals surface area contributed by atoms with Crippen molar-refractivity contribution in [1.29, 1.82) is 0 Å². The molecule has 2 heterocycles. The van der Waals surface area contributed by atoms with E-state index < -0.39 is 0 Å². The number of aliphatic imine (C=N–C) groups is 1. The minimum atomic E-state index is 0.0642. The van der Waals surface area contributed by atoms with Crippen LogP contribution in [0.3, 0.4) is 0 Å². The number of fused-ring (bicyclic) bond motifs is 1. The van der Waals surface area contributed by atoms with Crippen LogP contribution in [0.1, 0.15) is 12.5 Å². The van der Waals surface area contributed by atoms with Crippen molar-refractivity contribution < 1.29 is 4.79 Å². The predicted molar refractivity (Wildman–Crippen MR) is 121 cm³/mol. The lowest BCUT2D eigenvalue weighted by molar-refractivity contribution is -0.120. The molecule has 0 radical (unpaired) electrons. The highest BCUT2D eigenvalue weighted by molar-refractivity contribution is 5.98. The number of carbonyl (C=O) groups excluding carboxylic acids is 1. The highest BCUT2D eigenvalue weighted by Gasteiger charge is 2.27. The Hall–Kier alpha value is -3.35. The van der Waals surface area contributed by atoms with E-state index in [9.17, 15) is 4.79 Å². The summed E-state index contributed by atoms with van der Waals surface area (Å²) in [6.07, 6.45) is 4.47. The number of guanidine groups is 1. The van der Waals surface area contributed by atoms with E-state index >= 15 is 0 Å². The summed E-state index contributed by atoms with van der Waals surface area (Å²) in [7, 11) is 1.86. The van der Waals surface area contributed by atoms with Gasteiger partial charge >= 0.3 is 0 Å². The number of benzene rings is 2. The summed E-state index contributed by atoms with van der Waals surface area (Å²) >= 11 is 0. The Morgan fingerprint density at radius 2 is 2.00 bits per heavy atom. The highest BCUT2D eigenvalue weighted by atomic mass is 16.2. The molecule has 3 aromatic rings. The van der Waals surface area contributed by atoms with Crippen molar-refractivity contribution in [2.45, 2.75) is 13.3 Å². The number of aromatic nitrogens is 2. The van der Waals surface area contributed by atoms with Crippen LogP contribution in [0.15, 0.2) is 59.9 Å². The van der Waals surface area contributed by atoms with Crippen LogP contribution in [0.4, 0.5) is 5.69 Å². The molecule has 1 aliphatic heterocycles. The van der Waals surface area contributed by atoms with Crippen LogP contribution in [0.2, 0.25) is 0 Å². The summed E-state index contributed by atoms with van der Waals surface area (Å²) in [4.78, 5) is 21.3. The van der Waals surface area contributed by atoms with Gasteiger partial charge in [-0.15, -0.1) is 0 Å². The van der Waals surface area contributed by atoms with E-state index in [1.54, 1.807) is 15.8 Å². The number of nitrogens with one attached hydrogen (secondary N) is 1. The molecule has 1 aliphatic rings. The average Bonchev–Trinajstić information content (AvgIpc) is 3.19. The molecule has 2 aromatic carbocycles. The number of hydrogen-bond donors (Lipinski definition) is 1. The topological polar surface area (TPSA) is 65.8 Å². The minimum absolute atomic E-state index is 0.0642. The molecule has 0 spiro atoms. The molecule has 0 bridgehead atoms. The minimum Gasteiger partial charge on any atom is -0.357 e. The summed E-state index contributed by atoms with van der Waals surface area (Å²) in [6, 6.07) is 15.0. The first kappa shape index (κ1) is 19.9. The van der Waals surface area contributed by atoms with Gasteiger partial charge in [0.2, 0.25) is 5.91 Å². The van der Waals surface area contributed by atoms with Gasteiger partial charge in [-0.3, -0.25) is 14.5 Å². The Morgan fingerprint density at radius 1 is 1.17 bits per heavy atom. The Balaban J connectivity index is 1.40. The van der Waals surface area contributed by atoms with Crippen LogP contribution in [0.25, 0.3) is 10.8 Å². The number of carbonyl (C=O) groups is 1. The normalized spacial score (nSPS) is 15.1. The summed E-state index contributed by atoms with van der Waals surface area (Å²) in [6.45, 7) is 5.18. The van der Waals surface area contributed by atoms with Gasteiger partial charge in [0.1, 0.15) is 6.54 Å². The zero-order valence-corrected chi connectivity index (χ0v) is 17.6. The smallest absolute Gasteiger partial charge is 0.246 e. The quantitative estimate of drug-likeness (QED) is 0.524. The standard InChI is InChI=1S/C23H28N6O/c1-3-24-23(25-11-10-18-8-9-19-6-4-5-7-20(19)14-18)28-12-13-29(22(30)17-28)21-15-26-27(2)16-21/h4-9,14-16H,3,10-13,17H2,1-2H3,(H,24,25). The fourth-order valence-corrected chi connectivity index (χ4v) is 3.79. The molecule has 7 heteroatoms. The third kappa shape index (κ3) is 4.45. The molecule has 156 valence electrons. The molecule has 0 atom stereocenters. The molecular formula is C23H28N6O. The van der Waals surface area contributed by atoms with E-state index in [1.165, 1.54) is 16.3 Å². The molecule has 30 heavy (non-hydrogen) atoms. The molecule has 7 nitrogen and oxygen atoms in total. The summed E-state index contributed by atoms with van der Waals surface area (Å²) in [5.74, 6) is 0.867. The van der Waals surface area contributed by atoms with Gasteiger partial charge in [-0.1, -0.05) is 42.5 Å². The fourth-order valence-electron chi connectivity index (χ4n) is 3.79. The molecule has 0 unspecified atom stereocenters. The summed E-state index contributed by atoms with van der Waals surface area (Å²) in [5.41, 5.74) is 2.12. The van der Waals surface area contributed by atoms with Crippen molar-refractivity contribution in [3.05, 3.63) is 60.4 Å². The summed E-state index contributed by atoms with van der Waals surface area (Å²) in [5, 5.41) is 10.0. The Kier molecular flexibility index (Phi) is 5.97. The molecular weight excluding hydrogens is 376 g/mol. The second-order valence-corrected chi connectivity index (χ2v) is 7.51. The first-order valence-corrected chi connectivity index (χ1v) is 10.4. The Morgan fingerprint density at radius 3 is 2.73 bits per heavy atom. The first-order chi connectivity index (χ1) is 14.6. The number of anilines is 1. The maximum Gasteiger partial charge on any atom is 0.246 e. The van der Waals surface area contributed by atoms with Crippen molar-refractivity contribution in [3.8, 4) is 0 Å². The second-order valence-electron chi connectivity index (χ2n) is 7.51. The number of rotatable bonds is 5. The second kappa shape index (κ2) is 8.98. The maximum atomic E-state index is 12.7. The SMILES string of the molecule is CCNC(=NCCc1ccc2ccccc2c1)N1CCN(c2cnn(C)c2)C(=O)C1. The molecule has 0 saturated carbocycles. The van der Waals surface area contributed by atoms with E-state index in [0.717, 1.165) is 31.2 Å². The number of nitrogens with zero attached hydrogens (tertiary/aromatic N) is 5. The van der Waals surface area contributed by atoms with Crippen LogP contribution in [-0.4, -0.2) is 59.3 Å². The van der Waals surface area contributed by atoms with E-state index in [0.29, 0.717) is 19.6 Å². The van der Waals surface area contributed by atoms with Crippen LogP contribution in [0, 0.1) is 0 Å². The van der Waals surface area contributed by atoms with E-state index in [2.05, 4.69) is 52.9 Å². The van der Waals surface area contributed by atoms with E-state index in [-0.39, 0.29) is 5.91 Å². The number of amides is 1. The van der Waals surface area contributed by atoms with Crippen LogP contribution in [0.5, 0.6) is 0 Å². The van der Waals surface area contributed by atoms with Gasteiger partial charge in [0, 0.05) is 39.4 Å². The number of aryl methyl sites for hydroxylation is 1. The van der Waals surface area contributed by atoms with Gasteiger partial charge in [-0.05, 0) is 29.7 Å². The number of piperazine rings is 1. The highest BCUT2D eigenvalue weighted by Crippen LogP contribution is 2.17. The lowest BCUT2D eigenvalue weighted by Gasteiger charge is -2.35. The molecule has 0 aliphatic carbocycles. The molecule has 1 amide bonds. The maximum absolute atomic E-state index is 12.7. The van der Waals surface area contributed by atoms with Gasteiger partial charge in [-0.2, -0.15) is 5.10 Å². The van der Waals surface area contributed by atoms with E-state index in [4.69, 9.17) is 4.99 Å². The molecule has 4 rings (SSSR count). The zero-order chi connectivity index (χ0) is 20.9. The van der Waals surface area contributed by atoms with Gasteiger partial charge in [0.05, 0.1) is 11.9 Å². The molecule has 1 saturated heterocycles. The molecule has 1 aromatic heterocycles. The Bertz CT molecular complexity index is 1060. The summed E-state index contributed by atoms with van der Waals surface area (Å²) < 4.78 is 1.72. The number of hydrogen-bond acceptors (Lipinski definition) is 3. The van der Waals surface area contributed by atoms with Crippen molar-refractivity contribution >= 4 is 28.3 Å². The van der Waals surface area contributed by atoms with Gasteiger partial charge in [0.25, 0.3) is 0 Å². The van der Waals surface area contributed by atoms with Crippen molar-refractivity contribution in [2.75, 3.05) is 37.6 Å². The fraction of sp³-hybridized carbons (Fsp3) is 0.348. The van der Waals surface area contributed by atoms with Crippen LogP contribution < -0.4 is 10.2 Å². The molecule has 1 N–H and O–H groups in total.